The monoisotopic (exact) mass is 206 g/mol. The van der Waals surface area contributed by atoms with Crippen molar-refractivity contribution in [2.45, 2.75) is 12.5 Å². The van der Waals surface area contributed by atoms with Crippen molar-refractivity contribution in [3.05, 3.63) is 23.9 Å². The van der Waals surface area contributed by atoms with E-state index in [9.17, 15) is 4.79 Å². The van der Waals surface area contributed by atoms with Gasteiger partial charge >= 0.3 is 0 Å². The topological polar surface area (TPSA) is 85.2 Å². The van der Waals surface area contributed by atoms with Crippen molar-refractivity contribution < 1.29 is 4.79 Å². The van der Waals surface area contributed by atoms with Crippen LogP contribution in [0.1, 0.15) is 16.8 Å². The number of hydrogen-bond donors (Lipinski definition) is 2. The number of nitrogens with two attached hydrogens (primary N) is 2. The maximum Gasteiger partial charge on any atom is 0.257 e. The Labute approximate surface area is 88.1 Å². The number of nitrogen functional groups attached to an aromatic ring is 1. The van der Waals surface area contributed by atoms with E-state index in [-0.39, 0.29) is 17.8 Å². The van der Waals surface area contributed by atoms with Gasteiger partial charge in [0, 0.05) is 25.3 Å². The van der Waals surface area contributed by atoms with E-state index in [0.29, 0.717) is 18.7 Å². The molecule has 0 bridgehead atoms. The standard InChI is InChI=1S/C10H14N4O/c11-7-3-5-14(6-7)10(15)8-2-1-4-13-9(8)12/h1-2,4,7H,3,5-6,11H2,(H2,12,13). The summed E-state index contributed by atoms with van der Waals surface area (Å²) in [4.78, 5) is 17.6. The number of aromatic nitrogens is 1. The number of carbonyl (C=O) groups excluding carboxylic acids is 1. The van der Waals surface area contributed by atoms with Gasteiger partial charge in [-0.2, -0.15) is 0 Å². The number of rotatable bonds is 1. The number of nitrogens with zero attached hydrogens (tertiary/aromatic N) is 2. The van der Waals surface area contributed by atoms with Crippen LogP contribution in [0.25, 0.3) is 0 Å². The highest BCUT2D eigenvalue weighted by molar-refractivity contribution is 5.98. The van der Waals surface area contributed by atoms with Gasteiger partial charge in [-0.05, 0) is 18.6 Å². The van der Waals surface area contributed by atoms with E-state index in [1.165, 1.54) is 0 Å². The second-order valence-corrected chi connectivity index (χ2v) is 3.74. The summed E-state index contributed by atoms with van der Waals surface area (Å²) in [5.74, 6) is 0.205. The Kier molecular flexibility index (Phi) is 2.55. The van der Waals surface area contributed by atoms with Gasteiger partial charge in [-0.3, -0.25) is 4.79 Å². The highest BCUT2D eigenvalue weighted by atomic mass is 16.2. The lowest BCUT2D eigenvalue weighted by atomic mass is 10.2. The minimum atomic E-state index is -0.0754. The summed E-state index contributed by atoms with van der Waals surface area (Å²) in [6, 6.07) is 3.49. The molecule has 1 amide bonds. The number of anilines is 1. The minimum absolute atomic E-state index is 0.0754. The van der Waals surface area contributed by atoms with Crippen LogP contribution in [0.15, 0.2) is 18.3 Å². The minimum Gasteiger partial charge on any atom is -0.383 e. The third kappa shape index (κ3) is 1.92. The van der Waals surface area contributed by atoms with Crippen LogP contribution in [0.2, 0.25) is 0 Å². The Morgan fingerprint density at radius 1 is 1.60 bits per heavy atom. The quantitative estimate of drug-likeness (QED) is 0.668. The largest absolute Gasteiger partial charge is 0.383 e. The molecule has 0 spiro atoms. The number of carbonyl (C=O) groups is 1. The van der Waals surface area contributed by atoms with Crippen LogP contribution in [0.5, 0.6) is 0 Å². The maximum absolute atomic E-state index is 12.0. The highest BCUT2D eigenvalue weighted by Gasteiger charge is 2.25. The first-order valence-corrected chi connectivity index (χ1v) is 4.94. The average molecular weight is 206 g/mol. The van der Waals surface area contributed by atoms with Crippen LogP contribution in [-0.2, 0) is 0 Å². The lowest BCUT2D eigenvalue weighted by Crippen LogP contribution is -2.32. The average Bonchev–Trinajstić information content (AvgIpc) is 2.65. The van der Waals surface area contributed by atoms with Crippen molar-refractivity contribution in [3.8, 4) is 0 Å². The van der Waals surface area contributed by atoms with Gasteiger partial charge in [-0.15, -0.1) is 0 Å². The van der Waals surface area contributed by atoms with Gasteiger partial charge in [0.1, 0.15) is 5.82 Å². The summed E-state index contributed by atoms with van der Waals surface area (Å²) in [6.45, 7) is 1.31. The summed E-state index contributed by atoms with van der Waals surface area (Å²) in [6.07, 6.45) is 2.42. The van der Waals surface area contributed by atoms with Crippen molar-refractivity contribution >= 4 is 11.7 Å². The van der Waals surface area contributed by atoms with E-state index < -0.39 is 0 Å². The van der Waals surface area contributed by atoms with Crippen LogP contribution in [0.3, 0.4) is 0 Å². The van der Waals surface area contributed by atoms with Crippen molar-refractivity contribution in [2.75, 3.05) is 18.8 Å². The second-order valence-electron chi connectivity index (χ2n) is 3.74. The fourth-order valence-electron chi connectivity index (χ4n) is 1.74. The van der Waals surface area contributed by atoms with Gasteiger partial charge in [-0.25, -0.2) is 4.98 Å². The smallest absolute Gasteiger partial charge is 0.257 e. The van der Waals surface area contributed by atoms with Crippen molar-refractivity contribution in [1.29, 1.82) is 0 Å². The zero-order valence-corrected chi connectivity index (χ0v) is 8.39. The van der Waals surface area contributed by atoms with E-state index in [1.54, 1.807) is 23.2 Å². The molecule has 0 aromatic carbocycles. The predicted octanol–water partition coefficient (Wildman–Crippen LogP) is -0.163. The Morgan fingerprint density at radius 3 is 3.00 bits per heavy atom. The maximum atomic E-state index is 12.0. The first kappa shape index (κ1) is 9.92. The van der Waals surface area contributed by atoms with Gasteiger partial charge < -0.3 is 16.4 Å². The molecule has 1 unspecified atom stereocenters. The van der Waals surface area contributed by atoms with E-state index in [0.717, 1.165) is 6.42 Å². The summed E-state index contributed by atoms with van der Waals surface area (Å²) in [5.41, 5.74) is 11.8. The molecule has 1 saturated heterocycles. The zero-order chi connectivity index (χ0) is 10.8. The van der Waals surface area contributed by atoms with Gasteiger partial charge in [-0.1, -0.05) is 0 Å². The molecule has 1 aromatic rings. The third-order valence-electron chi connectivity index (χ3n) is 2.58. The summed E-state index contributed by atoms with van der Waals surface area (Å²) in [7, 11) is 0. The van der Waals surface area contributed by atoms with Crippen LogP contribution < -0.4 is 11.5 Å². The fraction of sp³-hybridized carbons (Fsp3) is 0.400. The summed E-state index contributed by atoms with van der Waals surface area (Å²) in [5, 5.41) is 0. The van der Waals surface area contributed by atoms with Crippen LogP contribution in [0.4, 0.5) is 5.82 Å². The summed E-state index contributed by atoms with van der Waals surface area (Å²) < 4.78 is 0. The Morgan fingerprint density at radius 2 is 2.40 bits per heavy atom. The molecule has 4 N–H and O–H groups in total. The Bertz CT molecular complexity index is 379. The molecule has 1 aliphatic rings. The lowest BCUT2D eigenvalue weighted by molar-refractivity contribution is 0.0791. The van der Waals surface area contributed by atoms with Gasteiger partial charge in [0.15, 0.2) is 0 Å². The molecular weight excluding hydrogens is 192 g/mol. The van der Waals surface area contributed by atoms with Crippen LogP contribution >= 0.6 is 0 Å². The Hall–Kier alpha value is -1.62. The Balaban J connectivity index is 2.18. The van der Waals surface area contributed by atoms with Gasteiger partial charge in [0.25, 0.3) is 5.91 Å². The number of hydrogen-bond acceptors (Lipinski definition) is 4. The normalized spacial score (nSPS) is 20.6. The molecule has 2 heterocycles. The number of amides is 1. The predicted molar refractivity (Wildman–Crippen MR) is 57.1 cm³/mol. The van der Waals surface area contributed by atoms with Crippen LogP contribution in [0, 0.1) is 0 Å². The molecule has 0 aliphatic carbocycles. The molecule has 1 fully saturated rings. The summed E-state index contributed by atoms with van der Waals surface area (Å²) >= 11 is 0. The molecule has 80 valence electrons. The van der Waals surface area contributed by atoms with Crippen molar-refractivity contribution in [2.24, 2.45) is 5.73 Å². The second kappa shape index (κ2) is 3.86. The molecule has 1 atom stereocenters. The lowest BCUT2D eigenvalue weighted by Gasteiger charge is -2.16. The molecule has 0 radical (unpaired) electrons. The van der Waals surface area contributed by atoms with E-state index in [2.05, 4.69) is 4.98 Å². The van der Waals surface area contributed by atoms with E-state index >= 15 is 0 Å². The molecule has 2 rings (SSSR count). The number of pyridine rings is 1. The first-order valence-electron chi connectivity index (χ1n) is 4.94. The molecule has 1 aromatic heterocycles. The van der Waals surface area contributed by atoms with Gasteiger partial charge in [0.2, 0.25) is 0 Å². The molecule has 5 nitrogen and oxygen atoms in total. The van der Waals surface area contributed by atoms with Gasteiger partial charge in [0.05, 0.1) is 5.56 Å². The van der Waals surface area contributed by atoms with Crippen LogP contribution in [-0.4, -0.2) is 34.9 Å². The highest BCUT2D eigenvalue weighted by Crippen LogP contribution is 2.15. The third-order valence-corrected chi connectivity index (χ3v) is 2.58. The van der Waals surface area contributed by atoms with Crippen molar-refractivity contribution in [3.63, 3.8) is 0 Å². The first-order chi connectivity index (χ1) is 7.18. The molecule has 0 saturated carbocycles. The van der Waals surface area contributed by atoms with E-state index in [1.807, 2.05) is 0 Å². The molecule has 5 heteroatoms. The molecular formula is C10H14N4O. The number of likely N-dealkylation sites (tertiary alicyclic amines) is 1. The SMILES string of the molecule is Nc1ncccc1C(=O)N1CCC(N)C1. The van der Waals surface area contributed by atoms with E-state index in [4.69, 9.17) is 11.5 Å². The molecule has 1 aliphatic heterocycles. The van der Waals surface area contributed by atoms with Crippen molar-refractivity contribution in [1.82, 2.24) is 9.88 Å². The fourth-order valence-corrected chi connectivity index (χ4v) is 1.74. The molecule has 15 heavy (non-hydrogen) atoms. The zero-order valence-electron chi connectivity index (χ0n) is 8.39.